The topological polar surface area (TPSA) is 46.5 Å². The third kappa shape index (κ3) is 3.12. The molecule has 20 heavy (non-hydrogen) atoms. The Bertz CT molecular complexity index is 654. The molecule has 0 radical (unpaired) electrons. The fourth-order valence-corrected chi connectivity index (χ4v) is 1.76. The Morgan fingerprint density at radius 2 is 1.80 bits per heavy atom. The number of hydrogen-bond donors (Lipinski definition) is 1. The SMILES string of the molecule is Cc1ccc(F)cc1OCc1ccc(F)cc1C(=O)O. The third-order valence-electron chi connectivity index (χ3n) is 2.84. The van der Waals surface area contributed by atoms with Gasteiger partial charge < -0.3 is 9.84 Å². The molecule has 0 spiro atoms. The Hall–Kier alpha value is -2.43. The van der Waals surface area contributed by atoms with E-state index in [2.05, 4.69) is 0 Å². The highest BCUT2D eigenvalue weighted by atomic mass is 19.1. The van der Waals surface area contributed by atoms with Crippen LogP contribution in [0, 0.1) is 18.6 Å². The molecule has 0 atom stereocenters. The van der Waals surface area contributed by atoms with Gasteiger partial charge in [-0.15, -0.1) is 0 Å². The number of ether oxygens (including phenoxy) is 1. The van der Waals surface area contributed by atoms with Gasteiger partial charge >= 0.3 is 5.97 Å². The van der Waals surface area contributed by atoms with Gasteiger partial charge in [-0.1, -0.05) is 12.1 Å². The van der Waals surface area contributed by atoms with Gasteiger partial charge in [0, 0.05) is 11.6 Å². The number of rotatable bonds is 4. The summed E-state index contributed by atoms with van der Waals surface area (Å²) in [4.78, 5) is 11.0. The maximum absolute atomic E-state index is 13.1. The van der Waals surface area contributed by atoms with Crippen molar-refractivity contribution in [1.29, 1.82) is 0 Å². The standard InChI is InChI=1S/C15H12F2O3/c1-9-2-4-12(17)7-14(9)20-8-10-3-5-11(16)6-13(10)15(18)19/h2-7H,8H2,1H3,(H,18,19). The van der Waals surface area contributed by atoms with Gasteiger partial charge in [0.2, 0.25) is 0 Å². The number of aromatic carboxylic acids is 1. The summed E-state index contributed by atoms with van der Waals surface area (Å²) < 4.78 is 31.6. The molecule has 104 valence electrons. The van der Waals surface area contributed by atoms with Crippen molar-refractivity contribution < 1.29 is 23.4 Å². The first-order valence-electron chi connectivity index (χ1n) is 5.88. The summed E-state index contributed by atoms with van der Waals surface area (Å²) in [5.41, 5.74) is 0.881. The molecule has 0 heterocycles. The zero-order chi connectivity index (χ0) is 14.7. The van der Waals surface area contributed by atoms with Crippen LogP contribution in [0.1, 0.15) is 21.5 Å². The highest BCUT2D eigenvalue weighted by molar-refractivity contribution is 5.89. The molecule has 1 N–H and O–H groups in total. The van der Waals surface area contributed by atoms with Crippen molar-refractivity contribution in [3.05, 3.63) is 64.7 Å². The zero-order valence-corrected chi connectivity index (χ0v) is 10.7. The van der Waals surface area contributed by atoms with Gasteiger partial charge in [0.15, 0.2) is 0 Å². The van der Waals surface area contributed by atoms with Crippen molar-refractivity contribution in [2.75, 3.05) is 0 Å². The molecule has 2 aromatic rings. The molecule has 2 aromatic carbocycles. The van der Waals surface area contributed by atoms with Gasteiger partial charge in [-0.3, -0.25) is 0 Å². The van der Waals surface area contributed by atoms with Gasteiger partial charge in [-0.2, -0.15) is 0 Å². The number of carboxylic acids is 1. The molecular formula is C15H12F2O3. The molecule has 2 rings (SSSR count). The maximum Gasteiger partial charge on any atom is 0.336 e. The van der Waals surface area contributed by atoms with E-state index in [1.807, 2.05) is 0 Å². The summed E-state index contributed by atoms with van der Waals surface area (Å²) in [5, 5.41) is 9.00. The molecule has 0 aliphatic rings. The Morgan fingerprint density at radius 3 is 2.50 bits per heavy atom. The largest absolute Gasteiger partial charge is 0.489 e. The molecule has 0 unspecified atom stereocenters. The smallest absolute Gasteiger partial charge is 0.336 e. The van der Waals surface area contributed by atoms with Crippen LogP contribution in [0.25, 0.3) is 0 Å². The number of benzene rings is 2. The molecule has 0 fully saturated rings. The van der Waals surface area contributed by atoms with Crippen LogP contribution in [-0.4, -0.2) is 11.1 Å². The summed E-state index contributed by atoms with van der Waals surface area (Å²) in [7, 11) is 0. The number of carbonyl (C=O) groups is 1. The van der Waals surface area contributed by atoms with Crippen LogP contribution in [0.4, 0.5) is 8.78 Å². The van der Waals surface area contributed by atoms with Gasteiger partial charge in [0.1, 0.15) is 24.0 Å². The summed E-state index contributed by atoms with van der Waals surface area (Å²) in [6.45, 7) is 1.67. The summed E-state index contributed by atoms with van der Waals surface area (Å²) in [6.07, 6.45) is 0. The molecule has 0 bridgehead atoms. The van der Waals surface area contributed by atoms with E-state index in [1.54, 1.807) is 13.0 Å². The minimum atomic E-state index is -1.24. The fourth-order valence-electron chi connectivity index (χ4n) is 1.76. The first-order valence-corrected chi connectivity index (χ1v) is 5.88. The van der Waals surface area contributed by atoms with E-state index in [0.717, 1.165) is 17.7 Å². The molecule has 0 saturated carbocycles. The number of carboxylic acid groups (broad SMARTS) is 1. The highest BCUT2D eigenvalue weighted by Gasteiger charge is 2.12. The molecule has 0 aliphatic carbocycles. The Balaban J connectivity index is 2.23. The number of aryl methyl sites for hydroxylation is 1. The number of hydrogen-bond acceptors (Lipinski definition) is 2. The average molecular weight is 278 g/mol. The van der Waals surface area contributed by atoms with Crippen LogP contribution in [0.3, 0.4) is 0 Å². The lowest BCUT2D eigenvalue weighted by atomic mass is 10.1. The van der Waals surface area contributed by atoms with Crippen LogP contribution in [-0.2, 0) is 6.61 Å². The Morgan fingerprint density at radius 1 is 1.15 bits per heavy atom. The molecule has 0 aromatic heterocycles. The second-order valence-corrected chi connectivity index (χ2v) is 4.31. The van der Waals surface area contributed by atoms with Crippen LogP contribution in [0.2, 0.25) is 0 Å². The quantitative estimate of drug-likeness (QED) is 0.930. The summed E-state index contributed by atoms with van der Waals surface area (Å²) in [6, 6.07) is 7.52. The Kier molecular flexibility index (Phi) is 3.98. The molecule has 3 nitrogen and oxygen atoms in total. The minimum Gasteiger partial charge on any atom is -0.489 e. The molecule has 0 amide bonds. The van der Waals surface area contributed by atoms with E-state index < -0.39 is 17.6 Å². The maximum atomic E-state index is 13.1. The van der Waals surface area contributed by atoms with E-state index in [-0.39, 0.29) is 12.2 Å². The second-order valence-electron chi connectivity index (χ2n) is 4.31. The first-order chi connectivity index (χ1) is 9.47. The van der Waals surface area contributed by atoms with Crippen molar-refractivity contribution in [3.63, 3.8) is 0 Å². The fraction of sp³-hybridized carbons (Fsp3) is 0.133. The average Bonchev–Trinajstić information content (AvgIpc) is 2.40. The lowest BCUT2D eigenvalue weighted by Gasteiger charge is -2.11. The summed E-state index contributed by atoms with van der Waals surface area (Å²) in [5.74, 6) is -1.99. The van der Waals surface area contributed by atoms with Gasteiger partial charge in [0.25, 0.3) is 0 Å². The van der Waals surface area contributed by atoms with Crippen LogP contribution in [0.15, 0.2) is 36.4 Å². The van der Waals surface area contributed by atoms with E-state index in [4.69, 9.17) is 9.84 Å². The van der Waals surface area contributed by atoms with Crippen molar-refractivity contribution in [2.45, 2.75) is 13.5 Å². The van der Waals surface area contributed by atoms with Crippen molar-refractivity contribution in [3.8, 4) is 5.75 Å². The molecular weight excluding hydrogens is 266 g/mol. The number of halogens is 2. The van der Waals surface area contributed by atoms with Gasteiger partial charge in [0.05, 0.1) is 5.56 Å². The van der Waals surface area contributed by atoms with E-state index in [0.29, 0.717) is 11.3 Å². The van der Waals surface area contributed by atoms with Gasteiger partial charge in [-0.25, -0.2) is 13.6 Å². The third-order valence-corrected chi connectivity index (χ3v) is 2.84. The normalized spacial score (nSPS) is 10.3. The van der Waals surface area contributed by atoms with Crippen LogP contribution >= 0.6 is 0 Å². The van der Waals surface area contributed by atoms with Crippen LogP contribution in [0.5, 0.6) is 5.75 Å². The lowest BCUT2D eigenvalue weighted by molar-refractivity contribution is 0.0693. The predicted octanol–water partition coefficient (Wildman–Crippen LogP) is 3.55. The zero-order valence-electron chi connectivity index (χ0n) is 10.7. The molecule has 0 aliphatic heterocycles. The predicted molar refractivity (Wildman–Crippen MR) is 68.8 cm³/mol. The highest BCUT2D eigenvalue weighted by Crippen LogP contribution is 2.21. The van der Waals surface area contributed by atoms with E-state index in [9.17, 15) is 13.6 Å². The minimum absolute atomic E-state index is 0.0772. The monoisotopic (exact) mass is 278 g/mol. The molecule has 0 saturated heterocycles. The van der Waals surface area contributed by atoms with Crippen molar-refractivity contribution in [2.24, 2.45) is 0 Å². The van der Waals surface area contributed by atoms with Crippen LogP contribution < -0.4 is 4.74 Å². The van der Waals surface area contributed by atoms with Crippen molar-refractivity contribution >= 4 is 5.97 Å². The van der Waals surface area contributed by atoms with E-state index >= 15 is 0 Å². The van der Waals surface area contributed by atoms with E-state index in [1.165, 1.54) is 18.2 Å². The lowest BCUT2D eigenvalue weighted by Crippen LogP contribution is -2.06. The van der Waals surface area contributed by atoms with Gasteiger partial charge in [-0.05, 0) is 30.7 Å². The summed E-state index contributed by atoms with van der Waals surface area (Å²) >= 11 is 0. The first kappa shape index (κ1) is 14.0. The Labute approximate surface area is 114 Å². The molecule has 5 heteroatoms. The second kappa shape index (κ2) is 5.69. The van der Waals surface area contributed by atoms with Crippen molar-refractivity contribution in [1.82, 2.24) is 0 Å².